The lowest BCUT2D eigenvalue weighted by atomic mass is 10.1. The highest BCUT2D eigenvalue weighted by atomic mass is 79.9. The Morgan fingerprint density at radius 2 is 2.32 bits per heavy atom. The topological polar surface area (TPSA) is 34.4 Å². The first-order valence-electron chi connectivity index (χ1n) is 6.43. The molecule has 3 rings (SSSR count). The molecule has 4 heteroatoms. The van der Waals surface area contributed by atoms with Crippen molar-refractivity contribution in [3.05, 3.63) is 51.9 Å². The third kappa shape index (κ3) is 2.69. The molecule has 1 aliphatic rings. The molecule has 2 heterocycles. The van der Waals surface area contributed by atoms with E-state index in [1.165, 1.54) is 11.1 Å². The minimum atomic E-state index is 0.259. The summed E-state index contributed by atoms with van der Waals surface area (Å²) in [5, 5.41) is 3.50. The molecule has 2 aromatic rings. The van der Waals surface area contributed by atoms with E-state index in [9.17, 15) is 0 Å². The minimum absolute atomic E-state index is 0.259. The quantitative estimate of drug-likeness (QED) is 0.929. The molecule has 3 nitrogen and oxygen atoms in total. The molecule has 0 radical (unpaired) electrons. The number of halogens is 1. The first-order valence-corrected chi connectivity index (χ1v) is 7.23. The Morgan fingerprint density at radius 3 is 3.11 bits per heavy atom. The van der Waals surface area contributed by atoms with Crippen LogP contribution in [0.4, 0.5) is 0 Å². The Morgan fingerprint density at radius 1 is 1.42 bits per heavy atom. The van der Waals surface area contributed by atoms with Crippen molar-refractivity contribution in [1.82, 2.24) is 5.32 Å². The molecule has 0 aliphatic carbocycles. The molecular formula is C15H16BrNO2. The number of ether oxygens (including phenoxy) is 1. The zero-order valence-corrected chi connectivity index (χ0v) is 12.4. The maximum Gasteiger partial charge on any atom is 0.127 e. The van der Waals surface area contributed by atoms with Gasteiger partial charge in [0.25, 0.3) is 0 Å². The van der Waals surface area contributed by atoms with Gasteiger partial charge in [0.15, 0.2) is 0 Å². The van der Waals surface area contributed by atoms with E-state index in [-0.39, 0.29) is 6.04 Å². The van der Waals surface area contributed by atoms with Crippen molar-refractivity contribution in [2.75, 3.05) is 6.61 Å². The highest BCUT2D eigenvalue weighted by Crippen LogP contribution is 2.33. The number of nitrogens with one attached hydrogen (secondary N) is 1. The molecule has 0 saturated heterocycles. The van der Waals surface area contributed by atoms with Gasteiger partial charge < -0.3 is 14.5 Å². The standard InChI is InChI=1S/C15H16BrNO2/c1-10(12-2-4-18-9-12)17-8-13-7-14(16)6-11-3-5-19-15(11)13/h2,4,6-7,9-10,17H,3,5,8H2,1H3. The van der Waals surface area contributed by atoms with E-state index < -0.39 is 0 Å². The Bertz CT molecular complexity index is 566. The van der Waals surface area contributed by atoms with Crippen LogP contribution < -0.4 is 10.1 Å². The van der Waals surface area contributed by atoms with Crippen LogP contribution in [0.1, 0.15) is 29.7 Å². The van der Waals surface area contributed by atoms with Gasteiger partial charge in [-0.2, -0.15) is 0 Å². The molecule has 100 valence electrons. The van der Waals surface area contributed by atoms with Crippen LogP contribution in [0.25, 0.3) is 0 Å². The van der Waals surface area contributed by atoms with Gasteiger partial charge in [-0.3, -0.25) is 0 Å². The van der Waals surface area contributed by atoms with Crippen molar-refractivity contribution >= 4 is 15.9 Å². The summed E-state index contributed by atoms with van der Waals surface area (Å²) in [6.45, 7) is 3.70. The van der Waals surface area contributed by atoms with Crippen LogP contribution >= 0.6 is 15.9 Å². The lowest BCUT2D eigenvalue weighted by molar-refractivity contribution is 0.351. The largest absolute Gasteiger partial charge is 0.493 e. The molecule has 1 atom stereocenters. The van der Waals surface area contributed by atoms with Crippen molar-refractivity contribution < 1.29 is 9.15 Å². The van der Waals surface area contributed by atoms with Gasteiger partial charge >= 0.3 is 0 Å². The van der Waals surface area contributed by atoms with Crippen LogP contribution in [0.5, 0.6) is 5.75 Å². The number of hydrogen-bond acceptors (Lipinski definition) is 3. The van der Waals surface area contributed by atoms with Crippen LogP contribution in [-0.4, -0.2) is 6.61 Å². The first-order chi connectivity index (χ1) is 9.24. The molecular weight excluding hydrogens is 306 g/mol. The lowest BCUT2D eigenvalue weighted by Crippen LogP contribution is -2.18. The third-order valence-electron chi connectivity index (χ3n) is 3.47. The van der Waals surface area contributed by atoms with Crippen LogP contribution in [0, 0.1) is 0 Å². The van der Waals surface area contributed by atoms with E-state index >= 15 is 0 Å². The highest BCUT2D eigenvalue weighted by molar-refractivity contribution is 9.10. The maximum absolute atomic E-state index is 5.73. The van der Waals surface area contributed by atoms with Gasteiger partial charge in [-0.05, 0) is 30.7 Å². The van der Waals surface area contributed by atoms with Gasteiger partial charge in [0.2, 0.25) is 0 Å². The second-order valence-corrected chi connectivity index (χ2v) is 5.73. The van der Waals surface area contributed by atoms with E-state index in [1.807, 2.05) is 6.07 Å². The number of furan rings is 1. The average molecular weight is 322 g/mol. The van der Waals surface area contributed by atoms with Crippen LogP contribution in [0.2, 0.25) is 0 Å². The number of hydrogen-bond donors (Lipinski definition) is 1. The van der Waals surface area contributed by atoms with Crippen LogP contribution in [-0.2, 0) is 13.0 Å². The van der Waals surface area contributed by atoms with Crippen molar-refractivity contribution in [1.29, 1.82) is 0 Å². The SMILES string of the molecule is CC(NCc1cc(Br)cc2c1OCC2)c1ccoc1. The predicted octanol–water partition coefficient (Wildman–Crippen LogP) is 3.83. The van der Waals surface area contributed by atoms with E-state index in [4.69, 9.17) is 9.15 Å². The van der Waals surface area contributed by atoms with Gasteiger partial charge in [-0.25, -0.2) is 0 Å². The lowest BCUT2D eigenvalue weighted by Gasteiger charge is -2.14. The molecule has 0 spiro atoms. The second-order valence-electron chi connectivity index (χ2n) is 4.81. The van der Waals surface area contributed by atoms with E-state index in [1.54, 1.807) is 12.5 Å². The fourth-order valence-corrected chi connectivity index (χ4v) is 2.93. The molecule has 1 unspecified atom stereocenters. The first kappa shape index (κ1) is 12.8. The van der Waals surface area contributed by atoms with E-state index in [2.05, 4.69) is 40.3 Å². The Hall–Kier alpha value is -1.26. The fraction of sp³-hybridized carbons (Fsp3) is 0.333. The molecule has 1 N–H and O–H groups in total. The summed E-state index contributed by atoms with van der Waals surface area (Å²) in [4.78, 5) is 0. The molecule has 0 saturated carbocycles. The predicted molar refractivity (Wildman–Crippen MR) is 77.3 cm³/mol. The summed E-state index contributed by atoms with van der Waals surface area (Å²) in [5.41, 5.74) is 3.66. The zero-order chi connectivity index (χ0) is 13.2. The Kier molecular flexibility index (Phi) is 3.62. The van der Waals surface area contributed by atoms with Gasteiger partial charge in [-0.1, -0.05) is 15.9 Å². The summed E-state index contributed by atoms with van der Waals surface area (Å²) in [5.74, 6) is 1.05. The van der Waals surface area contributed by atoms with Gasteiger partial charge in [0.1, 0.15) is 5.75 Å². The van der Waals surface area contributed by atoms with Crippen molar-refractivity contribution in [2.45, 2.75) is 25.9 Å². The number of benzene rings is 1. The molecule has 0 fully saturated rings. The number of fused-ring (bicyclic) bond motifs is 1. The zero-order valence-electron chi connectivity index (χ0n) is 10.8. The Balaban J connectivity index is 1.74. The molecule has 0 bridgehead atoms. The molecule has 1 aliphatic heterocycles. The molecule has 19 heavy (non-hydrogen) atoms. The van der Waals surface area contributed by atoms with Gasteiger partial charge in [0, 0.05) is 34.6 Å². The second kappa shape index (κ2) is 5.39. The minimum Gasteiger partial charge on any atom is -0.493 e. The molecule has 0 amide bonds. The number of rotatable bonds is 4. The molecule has 1 aromatic heterocycles. The third-order valence-corrected chi connectivity index (χ3v) is 3.93. The average Bonchev–Trinajstić information content (AvgIpc) is 3.05. The fourth-order valence-electron chi connectivity index (χ4n) is 2.38. The molecule has 1 aromatic carbocycles. The van der Waals surface area contributed by atoms with E-state index in [0.717, 1.165) is 35.4 Å². The summed E-state index contributed by atoms with van der Waals surface area (Å²) < 4.78 is 12.0. The smallest absolute Gasteiger partial charge is 0.127 e. The van der Waals surface area contributed by atoms with Crippen molar-refractivity contribution in [2.24, 2.45) is 0 Å². The maximum atomic E-state index is 5.73. The highest BCUT2D eigenvalue weighted by Gasteiger charge is 2.18. The summed E-state index contributed by atoms with van der Waals surface area (Å²) in [6, 6.07) is 6.51. The van der Waals surface area contributed by atoms with Gasteiger partial charge in [0.05, 0.1) is 19.1 Å². The Labute approximate surface area is 121 Å². The van der Waals surface area contributed by atoms with E-state index in [0.29, 0.717) is 0 Å². The van der Waals surface area contributed by atoms with Gasteiger partial charge in [-0.15, -0.1) is 0 Å². The summed E-state index contributed by atoms with van der Waals surface area (Å²) >= 11 is 3.56. The van der Waals surface area contributed by atoms with Crippen molar-refractivity contribution in [3.63, 3.8) is 0 Å². The monoisotopic (exact) mass is 321 g/mol. The van der Waals surface area contributed by atoms with Crippen LogP contribution in [0.15, 0.2) is 39.6 Å². The normalized spacial score (nSPS) is 15.1. The van der Waals surface area contributed by atoms with Crippen molar-refractivity contribution in [3.8, 4) is 5.75 Å². The summed E-state index contributed by atoms with van der Waals surface area (Å²) in [7, 11) is 0. The van der Waals surface area contributed by atoms with Crippen LogP contribution in [0.3, 0.4) is 0 Å². The summed E-state index contributed by atoms with van der Waals surface area (Å²) in [6.07, 6.45) is 4.48.